The SMILES string of the molecule is CC(C)c1cccc(C(C)C)c1N=C(CC(C)(C)C1CCCC1)c1ccccc1.[CH3-].[Cl][Cr+][Cl]. The van der Waals surface area contributed by atoms with Crippen LogP contribution in [0.1, 0.15) is 102 Å². The summed E-state index contributed by atoms with van der Waals surface area (Å²) in [5.74, 6) is 1.74. The Morgan fingerprint density at radius 2 is 1.39 bits per heavy atom. The van der Waals surface area contributed by atoms with E-state index in [0.29, 0.717) is 11.8 Å². The molecule has 0 bridgehead atoms. The van der Waals surface area contributed by atoms with Crippen LogP contribution in [-0.4, -0.2) is 5.71 Å². The monoisotopic (exact) mass is 526 g/mol. The van der Waals surface area contributed by atoms with Crippen molar-refractivity contribution in [2.24, 2.45) is 16.3 Å². The first kappa shape index (κ1) is 30.3. The molecule has 0 atom stereocenters. The summed E-state index contributed by atoms with van der Waals surface area (Å²) in [5, 5.41) is 0. The van der Waals surface area contributed by atoms with Gasteiger partial charge in [-0.05, 0) is 59.1 Å². The zero-order chi connectivity index (χ0) is 23.7. The third-order valence-electron chi connectivity index (χ3n) is 6.78. The Morgan fingerprint density at radius 1 is 0.909 bits per heavy atom. The van der Waals surface area contributed by atoms with Crippen molar-refractivity contribution in [1.82, 2.24) is 0 Å². The van der Waals surface area contributed by atoms with Gasteiger partial charge in [-0.3, -0.25) is 4.99 Å². The van der Waals surface area contributed by atoms with E-state index < -0.39 is 0 Å². The van der Waals surface area contributed by atoms with Crippen molar-refractivity contribution < 1.29 is 13.4 Å². The van der Waals surface area contributed by atoms with Crippen LogP contribution in [0.5, 0.6) is 0 Å². The number of benzene rings is 2. The average molecular weight is 528 g/mol. The molecule has 0 N–H and O–H groups in total. The quantitative estimate of drug-likeness (QED) is 0.251. The molecule has 1 saturated carbocycles. The third-order valence-corrected chi connectivity index (χ3v) is 6.78. The molecule has 0 aliphatic heterocycles. The fourth-order valence-corrected chi connectivity index (χ4v) is 4.90. The summed E-state index contributed by atoms with van der Waals surface area (Å²) in [7, 11) is 9.65. The van der Waals surface area contributed by atoms with Crippen molar-refractivity contribution in [3.05, 3.63) is 72.6 Å². The van der Waals surface area contributed by atoms with Crippen LogP contribution in [0.25, 0.3) is 0 Å². The molecule has 3 rings (SSSR count). The van der Waals surface area contributed by atoms with E-state index in [1.165, 1.54) is 53.8 Å². The maximum atomic E-state index is 5.44. The molecule has 1 nitrogen and oxygen atoms in total. The fraction of sp³-hybridized carbons (Fsp3) is 0.517. The maximum absolute atomic E-state index is 5.44. The van der Waals surface area contributed by atoms with Gasteiger partial charge in [-0.25, -0.2) is 0 Å². The summed E-state index contributed by atoms with van der Waals surface area (Å²) in [5.41, 5.74) is 6.73. The van der Waals surface area contributed by atoms with Crippen molar-refractivity contribution in [3.63, 3.8) is 0 Å². The first-order chi connectivity index (χ1) is 15.2. The summed E-state index contributed by atoms with van der Waals surface area (Å²) < 4.78 is 0. The number of aliphatic imine (C=N–C) groups is 1. The predicted molar refractivity (Wildman–Crippen MR) is 146 cm³/mol. The molecule has 183 valence electrons. The van der Waals surface area contributed by atoms with Crippen molar-refractivity contribution in [2.75, 3.05) is 0 Å². The first-order valence-electron chi connectivity index (χ1n) is 11.9. The van der Waals surface area contributed by atoms with Crippen LogP contribution in [0, 0.1) is 18.8 Å². The molecule has 0 amide bonds. The molecule has 1 aliphatic rings. The van der Waals surface area contributed by atoms with Gasteiger partial charge >= 0.3 is 33.5 Å². The van der Waals surface area contributed by atoms with Gasteiger partial charge in [0.15, 0.2) is 0 Å². The predicted octanol–water partition coefficient (Wildman–Crippen LogP) is 10.5. The van der Waals surface area contributed by atoms with Gasteiger partial charge in [0.2, 0.25) is 0 Å². The van der Waals surface area contributed by atoms with E-state index in [1.807, 2.05) is 0 Å². The molecule has 0 heterocycles. The minimum atomic E-state index is -0.181. The molecule has 33 heavy (non-hydrogen) atoms. The molecular weight excluding hydrogens is 485 g/mol. The van der Waals surface area contributed by atoms with Crippen LogP contribution in [0.15, 0.2) is 53.5 Å². The standard InChI is InChI=1S/C28H39N.CH3.2ClH.Cr/c1-20(2)24-17-12-18-25(21(3)4)27(24)29-26(22-13-8-7-9-14-22)19-28(5,6)23-15-10-11-16-23;;;;/h7-9,12-14,17-18,20-21,23H,10-11,15-16,19H2,1-6H3;1H3;2*1H;/q;-1;;;+3/p-2. The van der Waals surface area contributed by atoms with Crippen LogP contribution in [-0.2, 0) is 13.4 Å². The van der Waals surface area contributed by atoms with Crippen molar-refractivity contribution in [1.29, 1.82) is 0 Å². The molecule has 0 aromatic heterocycles. The van der Waals surface area contributed by atoms with Gasteiger partial charge < -0.3 is 7.43 Å². The van der Waals surface area contributed by atoms with E-state index in [0.717, 1.165) is 12.3 Å². The average Bonchev–Trinajstić information content (AvgIpc) is 3.30. The Kier molecular flexibility index (Phi) is 13.4. The molecule has 1 fully saturated rings. The van der Waals surface area contributed by atoms with E-state index in [9.17, 15) is 0 Å². The zero-order valence-corrected chi connectivity index (χ0v) is 24.3. The minimum absolute atomic E-state index is 0. The van der Waals surface area contributed by atoms with E-state index in [4.69, 9.17) is 25.1 Å². The number of rotatable bonds is 7. The van der Waals surface area contributed by atoms with Gasteiger partial charge in [-0.1, -0.05) is 103 Å². The summed E-state index contributed by atoms with van der Waals surface area (Å²) in [6, 6.07) is 17.6. The van der Waals surface area contributed by atoms with Crippen molar-refractivity contribution in [2.45, 2.75) is 85.5 Å². The van der Waals surface area contributed by atoms with Crippen LogP contribution in [0.4, 0.5) is 5.69 Å². The second-order valence-corrected chi connectivity index (χ2v) is 12.3. The number of halogens is 2. The van der Waals surface area contributed by atoms with Crippen LogP contribution in [0.3, 0.4) is 0 Å². The molecule has 2 aromatic rings. The molecule has 0 unspecified atom stereocenters. The van der Waals surface area contributed by atoms with Crippen LogP contribution < -0.4 is 0 Å². The molecule has 0 saturated heterocycles. The van der Waals surface area contributed by atoms with E-state index >= 15 is 0 Å². The molecule has 0 spiro atoms. The van der Waals surface area contributed by atoms with Gasteiger partial charge in [0, 0.05) is 5.71 Å². The summed E-state index contributed by atoms with van der Waals surface area (Å²) >= 11 is -0.181. The van der Waals surface area contributed by atoms with E-state index in [1.54, 1.807) is 0 Å². The second-order valence-electron chi connectivity index (χ2n) is 10.2. The summed E-state index contributed by atoms with van der Waals surface area (Å²) in [4.78, 5) is 5.44. The number of hydrogen-bond acceptors (Lipinski definition) is 1. The Balaban J connectivity index is 0.00000129. The number of hydrogen-bond donors (Lipinski definition) is 0. The Bertz CT molecular complexity index is 827. The summed E-state index contributed by atoms with van der Waals surface area (Å²) in [6.45, 7) is 14.0. The summed E-state index contributed by atoms with van der Waals surface area (Å²) in [6.07, 6.45) is 6.55. The van der Waals surface area contributed by atoms with Crippen molar-refractivity contribution in [3.8, 4) is 0 Å². The second kappa shape index (κ2) is 14.6. The van der Waals surface area contributed by atoms with Crippen LogP contribution >= 0.6 is 20.1 Å². The number of nitrogens with zero attached hydrogens (tertiary/aromatic N) is 1. The van der Waals surface area contributed by atoms with Gasteiger partial charge in [0.05, 0.1) is 5.69 Å². The molecule has 0 radical (unpaired) electrons. The molecule has 4 heteroatoms. The van der Waals surface area contributed by atoms with Crippen molar-refractivity contribution >= 4 is 31.5 Å². The Morgan fingerprint density at radius 3 is 1.85 bits per heavy atom. The Labute approximate surface area is 218 Å². The topological polar surface area (TPSA) is 12.4 Å². The Hall–Kier alpha value is -0.778. The van der Waals surface area contributed by atoms with Gasteiger partial charge in [0.25, 0.3) is 0 Å². The molecule has 2 aromatic carbocycles. The fourth-order valence-electron chi connectivity index (χ4n) is 4.90. The van der Waals surface area contributed by atoms with Gasteiger partial charge in [0.1, 0.15) is 0 Å². The van der Waals surface area contributed by atoms with E-state index in [2.05, 4.69) is 90.1 Å². The normalized spacial score (nSPS) is 14.7. The molecular formula is C29H42Cl2CrN. The van der Waals surface area contributed by atoms with Gasteiger partial charge in [-0.2, -0.15) is 0 Å². The molecule has 1 aliphatic carbocycles. The first-order valence-corrected chi connectivity index (χ1v) is 15.4. The van der Waals surface area contributed by atoms with E-state index in [-0.39, 0.29) is 26.2 Å². The number of para-hydroxylation sites is 1. The zero-order valence-electron chi connectivity index (χ0n) is 21.5. The third kappa shape index (κ3) is 8.74. The van der Waals surface area contributed by atoms with Gasteiger partial charge in [-0.15, -0.1) is 0 Å². The van der Waals surface area contributed by atoms with Crippen LogP contribution in [0.2, 0.25) is 0 Å².